The van der Waals surface area contributed by atoms with E-state index in [1.165, 1.54) is 32.8 Å². The number of rotatable bonds is 6. The van der Waals surface area contributed by atoms with E-state index < -0.39 is 0 Å². The van der Waals surface area contributed by atoms with Gasteiger partial charge >= 0.3 is 0 Å². The molecule has 7 aromatic rings. The molecule has 4 nitrogen and oxygen atoms in total. The molecule has 6 heteroatoms. The Morgan fingerprint density at radius 2 is 1.02 bits per heavy atom. The number of aryl methyl sites for hydroxylation is 3. The Kier molecular flexibility index (Phi) is 6.50. The van der Waals surface area contributed by atoms with Crippen molar-refractivity contribution < 1.29 is 0 Å². The molecule has 0 aliphatic carbocycles. The molecule has 0 fully saturated rings. The lowest BCUT2D eigenvalue weighted by atomic mass is 9.92. The van der Waals surface area contributed by atoms with E-state index in [4.69, 9.17) is 9.97 Å². The number of thiophene rings is 2. The van der Waals surface area contributed by atoms with Gasteiger partial charge in [0, 0.05) is 33.9 Å². The van der Waals surface area contributed by atoms with Crippen LogP contribution in [0.25, 0.3) is 21.5 Å². The Morgan fingerprint density at radius 3 is 1.49 bits per heavy atom. The molecule has 0 bridgehead atoms. The van der Waals surface area contributed by atoms with E-state index in [9.17, 15) is 0 Å². The van der Waals surface area contributed by atoms with E-state index in [2.05, 4.69) is 120 Å². The van der Waals surface area contributed by atoms with Crippen molar-refractivity contribution in [2.45, 2.75) is 20.8 Å². The maximum Gasteiger partial charge on any atom is 0.138 e. The second-order valence-corrected chi connectivity index (χ2v) is 12.0. The summed E-state index contributed by atoms with van der Waals surface area (Å²) in [5, 5.41) is 11.2. The zero-order valence-corrected chi connectivity index (χ0v) is 24.7. The van der Waals surface area contributed by atoms with E-state index in [1.54, 1.807) is 22.7 Å². The lowest BCUT2D eigenvalue weighted by Crippen LogP contribution is -2.15. The van der Waals surface area contributed by atoms with Crippen LogP contribution < -0.4 is 9.80 Å². The number of benzene rings is 3. The second-order valence-electron chi connectivity index (χ2n) is 10.2. The minimum Gasteiger partial charge on any atom is -0.285 e. The van der Waals surface area contributed by atoms with E-state index in [0.29, 0.717) is 0 Å². The number of anilines is 6. The SMILES string of the molecule is Cc1ccc2c(N(c3ccccn3)c3cccs3)c3cc(C)c(C)cc3c(N(c3ccccn3)c3cccs3)c2c1. The average Bonchev–Trinajstić information content (AvgIpc) is 3.72. The fraction of sp³-hybridized carbons (Fsp3) is 0.0857. The fourth-order valence-corrected chi connectivity index (χ4v) is 6.97. The van der Waals surface area contributed by atoms with Gasteiger partial charge in [-0.3, -0.25) is 9.80 Å². The Morgan fingerprint density at radius 1 is 0.512 bits per heavy atom. The van der Waals surface area contributed by atoms with E-state index in [0.717, 1.165) is 38.4 Å². The smallest absolute Gasteiger partial charge is 0.138 e. The molecule has 41 heavy (non-hydrogen) atoms. The molecule has 4 aromatic heterocycles. The second kappa shape index (κ2) is 10.5. The van der Waals surface area contributed by atoms with Crippen LogP contribution >= 0.6 is 22.7 Å². The Balaban J connectivity index is 1.68. The van der Waals surface area contributed by atoms with Crippen molar-refractivity contribution in [3.63, 3.8) is 0 Å². The van der Waals surface area contributed by atoms with E-state index in [-0.39, 0.29) is 0 Å². The summed E-state index contributed by atoms with van der Waals surface area (Å²) in [7, 11) is 0. The first-order valence-corrected chi connectivity index (χ1v) is 15.3. The molecular weight excluding hydrogens is 541 g/mol. The maximum absolute atomic E-state index is 4.85. The van der Waals surface area contributed by atoms with Crippen LogP contribution in [0.4, 0.5) is 33.0 Å². The largest absolute Gasteiger partial charge is 0.285 e. The lowest BCUT2D eigenvalue weighted by Gasteiger charge is -2.31. The van der Waals surface area contributed by atoms with Gasteiger partial charge in [-0.15, -0.1) is 22.7 Å². The quantitative estimate of drug-likeness (QED) is 0.148. The highest BCUT2D eigenvalue weighted by atomic mass is 32.1. The number of pyridine rings is 2. The predicted octanol–water partition coefficient (Wildman–Crippen LogP) is 10.8. The van der Waals surface area contributed by atoms with Crippen molar-refractivity contribution in [1.82, 2.24) is 9.97 Å². The third-order valence-electron chi connectivity index (χ3n) is 7.49. The van der Waals surface area contributed by atoms with Gasteiger partial charge in [-0.25, -0.2) is 9.97 Å². The van der Waals surface area contributed by atoms with Crippen LogP contribution in [0.15, 0.2) is 114 Å². The fourth-order valence-electron chi connectivity index (χ4n) is 5.48. The van der Waals surface area contributed by atoms with Gasteiger partial charge < -0.3 is 0 Å². The van der Waals surface area contributed by atoms with E-state index >= 15 is 0 Å². The van der Waals surface area contributed by atoms with Crippen molar-refractivity contribution in [2.75, 3.05) is 9.80 Å². The van der Waals surface area contributed by atoms with Crippen LogP contribution in [-0.2, 0) is 0 Å². The number of nitrogens with zero attached hydrogens (tertiary/aromatic N) is 4. The molecule has 3 aromatic carbocycles. The van der Waals surface area contributed by atoms with Crippen molar-refractivity contribution in [1.29, 1.82) is 0 Å². The molecule has 0 spiro atoms. The third-order valence-corrected chi connectivity index (χ3v) is 9.19. The van der Waals surface area contributed by atoms with Crippen LogP contribution in [-0.4, -0.2) is 9.97 Å². The zero-order chi connectivity index (χ0) is 27.9. The average molecular weight is 569 g/mol. The first-order chi connectivity index (χ1) is 20.1. The van der Waals surface area contributed by atoms with Crippen LogP contribution in [0.2, 0.25) is 0 Å². The summed E-state index contributed by atoms with van der Waals surface area (Å²) in [5.41, 5.74) is 5.99. The standard InChI is InChI=1S/C35H28N4S2/c1-23-14-15-26-27(20-23)35(39(33-13-9-19-41-33)31-11-5-7-17-37-31)29-22-25(3)24(2)21-28(29)34(26)38(32-12-8-18-40-32)30-10-4-6-16-36-30/h4-22H,1-3H3. The highest BCUT2D eigenvalue weighted by Gasteiger charge is 2.27. The molecule has 7 rings (SSSR count). The van der Waals surface area contributed by atoms with Crippen LogP contribution in [0, 0.1) is 20.8 Å². The third kappa shape index (κ3) is 4.46. The minimum absolute atomic E-state index is 0.893. The molecule has 0 unspecified atom stereocenters. The molecular formula is C35H28N4S2. The summed E-state index contributed by atoms with van der Waals surface area (Å²) in [5.74, 6) is 1.79. The number of hydrogen-bond acceptors (Lipinski definition) is 6. The van der Waals surface area contributed by atoms with Gasteiger partial charge in [0.2, 0.25) is 0 Å². The summed E-state index contributed by atoms with van der Waals surface area (Å²) in [6.07, 6.45) is 3.74. The highest BCUT2D eigenvalue weighted by Crippen LogP contribution is 2.52. The molecule has 0 radical (unpaired) electrons. The maximum atomic E-state index is 4.85. The molecule has 0 amide bonds. The normalized spacial score (nSPS) is 11.3. The Hall–Kier alpha value is -4.52. The first kappa shape index (κ1) is 25.4. The molecule has 0 aliphatic rings. The highest BCUT2D eigenvalue weighted by molar-refractivity contribution is 7.14. The summed E-state index contributed by atoms with van der Waals surface area (Å²) in [6.45, 7) is 6.56. The minimum atomic E-state index is 0.893. The van der Waals surface area contributed by atoms with Gasteiger partial charge in [0.05, 0.1) is 11.4 Å². The number of hydrogen-bond donors (Lipinski definition) is 0. The number of fused-ring (bicyclic) bond motifs is 2. The Bertz CT molecular complexity index is 1970. The van der Waals surface area contributed by atoms with Crippen molar-refractivity contribution in [3.8, 4) is 0 Å². The monoisotopic (exact) mass is 568 g/mol. The topological polar surface area (TPSA) is 32.3 Å². The predicted molar refractivity (Wildman–Crippen MR) is 176 cm³/mol. The molecule has 0 aliphatic heterocycles. The molecule has 0 N–H and O–H groups in total. The summed E-state index contributed by atoms with van der Waals surface area (Å²) < 4.78 is 0. The van der Waals surface area contributed by atoms with Gasteiger partial charge in [-0.1, -0.05) is 29.8 Å². The number of aromatic nitrogens is 2. The van der Waals surface area contributed by atoms with Gasteiger partial charge in [0.15, 0.2) is 0 Å². The van der Waals surface area contributed by atoms with E-state index in [1.807, 2.05) is 24.5 Å². The van der Waals surface area contributed by atoms with Gasteiger partial charge in [-0.05, 0) is 109 Å². The molecule has 0 atom stereocenters. The Labute approximate surface area is 247 Å². The van der Waals surface area contributed by atoms with Gasteiger partial charge in [0.1, 0.15) is 21.6 Å². The van der Waals surface area contributed by atoms with Crippen LogP contribution in [0.3, 0.4) is 0 Å². The zero-order valence-electron chi connectivity index (χ0n) is 23.1. The molecule has 4 heterocycles. The molecule has 200 valence electrons. The molecule has 0 saturated heterocycles. The summed E-state index contributed by atoms with van der Waals surface area (Å²) in [4.78, 5) is 14.3. The van der Waals surface area contributed by atoms with Crippen molar-refractivity contribution in [2.24, 2.45) is 0 Å². The summed E-state index contributed by atoms with van der Waals surface area (Å²) >= 11 is 3.44. The van der Waals surface area contributed by atoms with Gasteiger partial charge in [0.25, 0.3) is 0 Å². The van der Waals surface area contributed by atoms with Crippen molar-refractivity contribution in [3.05, 3.63) is 131 Å². The van der Waals surface area contributed by atoms with Crippen LogP contribution in [0.5, 0.6) is 0 Å². The first-order valence-electron chi connectivity index (χ1n) is 13.6. The molecule has 0 saturated carbocycles. The van der Waals surface area contributed by atoms with Crippen LogP contribution in [0.1, 0.15) is 16.7 Å². The van der Waals surface area contributed by atoms with Crippen molar-refractivity contribution >= 4 is 77.2 Å². The van der Waals surface area contributed by atoms with Gasteiger partial charge in [-0.2, -0.15) is 0 Å². The lowest BCUT2D eigenvalue weighted by molar-refractivity contribution is 1.20. The summed E-state index contributed by atoms with van der Waals surface area (Å²) in [6, 6.07) is 32.3.